The molecular formula is C36H60N10O14. The van der Waals surface area contributed by atoms with Crippen LogP contribution in [-0.4, -0.2) is 164 Å². The number of aliphatic carboxylic acids is 2. The van der Waals surface area contributed by atoms with Gasteiger partial charge >= 0.3 is 17.6 Å². The van der Waals surface area contributed by atoms with Crippen molar-refractivity contribution in [3.63, 3.8) is 0 Å². The van der Waals surface area contributed by atoms with Crippen LogP contribution in [0.2, 0.25) is 0 Å². The molecule has 13 atom stereocenters. The molecule has 24 heteroatoms. The molecule has 3 aliphatic rings. The van der Waals surface area contributed by atoms with Crippen LogP contribution in [0, 0.1) is 11.8 Å². The fourth-order valence-corrected chi connectivity index (χ4v) is 7.31. The smallest absolute Gasteiger partial charge is 0.330 e. The molecule has 0 spiro atoms. The molecule has 1 aromatic rings. The van der Waals surface area contributed by atoms with Crippen LogP contribution in [0.3, 0.4) is 0 Å². The van der Waals surface area contributed by atoms with E-state index >= 15 is 0 Å². The second kappa shape index (κ2) is 21.8. The summed E-state index contributed by atoms with van der Waals surface area (Å²) in [5, 5.41) is 66.8. The van der Waals surface area contributed by atoms with E-state index in [2.05, 4.69) is 31.6 Å². The standard InChI is InChI=1S/C36H60N10O14/c1-15(2)12-18(42-31(52)24(17-6-10-41-35(38)43-17)45-23(16(3)4)33(53)54)30(51)40-9-5-8-39-25(34(55)56)28(59-22-13-19(47)20(14-37)58-22)29-26(49)27(50)32(60-29)46-11-7-21(48)44-36(46)57/h7,11,15-20,22-29,32,39,45,47,49-50H,5-6,8-10,12-14,37H2,1-4H3,(H,40,51)(H,42,52)(H,53,54)(H,55,56)(H3,38,41,43)(H,44,48,57)/t17-,18-,19-,20+,22-,23-,24-,25-,26-,27+,28-,29-,32+/m0/s1. The number of carboxylic acid groups (broad SMARTS) is 2. The number of carbonyl (C=O) groups is 4. The highest BCUT2D eigenvalue weighted by molar-refractivity contribution is 5.91. The van der Waals surface area contributed by atoms with Crippen LogP contribution in [0.5, 0.6) is 0 Å². The first kappa shape index (κ1) is 48.1. The first-order valence-electron chi connectivity index (χ1n) is 19.9. The molecule has 338 valence electrons. The van der Waals surface area contributed by atoms with Crippen molar-refractivity contribution in [1.82, 2.24) is 36.1 Å². The molecule has 2 fully saturated rings. The van der Waals surface area contributed by atoms with Crippen molar-refractivity contribution in [2.24, 2.45) is 28.3 Å². The summed E-state index contributed by atoms with van der Waals surface area (Å²) in [6.07, 6.45) is -9.87. The number of H-pyrrole nitrogens is 1. The van der Waals surface area contributed by atoms with Crippen LogP contribution in [-0.2, 0) is 33.4 Å². The molecule has 60 heavy (non-hydrogen) atoms. The van der Waals surface area contributed by atoms with Crippen molar-refractivity contribution in [1.29, 1.82) is 0 Å². The summed E-state index contributed by atoms with van der Waals surface area (Å²) in [5.74, 6) is -4.16. The van der Waals surface area contributed by atoms with Gasteiger partial charge in [-0.15, -0.1) is 0 Å². The molecule has 0 radical (unpaired) electrons. The number of carboxylic acids is 2. The maximum Gasteiger partial charge on any atom is 0.330 e. The lowest BCUT2D eigenvalue weighted by atomic mass is 9.96. The number of aliphatic hydroxyl groups excluding tert-OH is 3. The number of carbonyl (C=O) groups excluding carboxylic acids is 2. The highest BCUT2D eigenvalue weighted by Crippen LogP contribution is 2.34. The fraction of sp³-hybridized carbons (Fsp3) is 0.750. The van der Waals surface area contributed by atoms with Crippen molar-refractivity contribution < 1.29 is 58.9 Å². The zero-order valence-electron chi connectivity index (χ0n) is 33.9. The zero-order chi connectivity index (χ0) is 44.4. The Kier molecular flexibility index (Phi) is 17.5. The summed E-state index contributed by atoms with van der Waals surface area (Å²) < 4.78 is 18.3. The average molecular weight is 857 g/mol. The van der Waals surface area contributed by atoms with Crippen LogP contribution in [0.1, 0.15) is 59.6 Å². The molecule has 2 saturated heterocycles. The summed E-state index contributed by atoms with van der Waals surface area (Å²) in [6.45, 7) is 7.24. The number of aliphatic hydroxyl groups is 3. The Morgan fingerprint density at radius 1 is 1.02 bits per heavy atom. The van der Waals surface area contributed by atoms with E-state index in [1.165, 1.54) is 0 Å². The predicted octanol–water partition coefficient (Wildman–Crippen LogP) is -5.20. The summed E-state index contributed by atoms with van der Waals surface area (Å²) in [4.78, 5) is 82.5. The van der Waals surface area contributed by atoms with E-state index in [4.69, 9.17) is 25.7 Å². The van der Waals surface area contributed by atoms with Gasteiger partial charge in [0.05, 0.1) is 18.2 Å². The quantitative estimate of drug-likeness (QED) is 0.0485. The van der Waals surface area contributed by atoms with Crippen LogP contribution in [0.25, 0.3) is 0 Å². The molecule has 0 unspecified atom stereocenters. The van der Waals surface area contributed by atoms with E-state index in [1.807, 2.05) is 18.8 Å². The molecule has 4 heterocycles. The second-order valence-corrected chi connectivity index (χ2v) is 15.8. The molecule has 0 saturated carbocycles. The fourth-order valence-electron chi connectivity index (χ4n) is 7.31. The average Bonchev–Trinajstić information content (AvgIpc) is 3.67. The lowest BCUT2D eigenvalue weighted by molar-refractivity contribution is -0.210. The zero-order valence-corrected chi connectivity index (χ0v) is 33.9. The first-order chi connectivity index (χ1) is 28.3. The molecule has 0 bridgehead atoms. The van der Waals surface area contributed by atoms with E-state index in [0.29, 0.717) is 13.0 Å². The van der Waals surface area contributed by atoms with Crippen LogP contribution >= 0.6 is 0 Å². The second-order valence-electron chi connectivity index (χ2n) is 15.8. The monoisotopic (exact) mass is 856 g/mol. The summed E-state index contributed by atoms with van der Waals surface area (Å²) in [6, 6.07) is -4.54. The SMILES string of the molecule is CC(C)C[C@H](NC(=O)[C@@H](N[C@H](C(=O)O)C(C)C)[C@@H]1CCN=C(N)N1)C(=O)NCCCN[C@H](C(=O)O)[C@H](O[C@H]1C[C@H](O)[C@@H](CN)O1)[C@H]1O[C@@H](n2ccc(=O)[nH]c2=O)[C@H](O)[C@@H]1O. The number of aromatic amines is 1. The van der Waals surface area contributed by atoms with Crippen molar-refractivity contribution in [2.75, 3.05) is 26.2 Å². The Hall–Kier alpha value is -4.53. The topological polar surface area (TPSA) is 377 Å². The number of hydrogen-bond acceptors (Lipinski definition) is 18. The summed E-state index contributed by atoms with van der Waals surface area (Å²) >= 11 is 0. The van der Waals surface area contributed by atoms with Gasteiger partial charge in [0.1, 0.15) is 48.6 Å². The highest BCUT2D eigenvalue weighted by atomic mass is 16.7. The van der Waals surface area contributed by atoms with Gasteiger partial charge in [-0.3, -0.25) is 43.8 Å². The van der Waals surface area contributed by atoms with Gasteiger partial charge in [0.25, 0.3) is 5.56 Å². The number of nitrogens with one attached hydrogen (secondary N) is 6. The van der Waals surface area contributed by atoms with E-state index in [-0.39, 0.29) is 50.8 Å². The minimum Gasteiger partial charge on any atom is -0.480 e. The Balaban J connectivity index is 1.45. The molecule has 2 amide bonds. The first-order valence-corrected chi connectivity index (χ1v) is 19.9. The van der Waals surface area contributed by atoms with Crippen LogP contribution < -0.4 is 49.3 Å². The number of aliphatic imine (C=N–C) groups is 1. The maximum atomic E-state index is 13.8. The third-order valence-corrected chi connectivity index (χ3v) is 10.4. The lowest BCUT2D eigenvalue weighted by Gasteiger charge is -2.34. The molecule has 4 rings (SSSR count). The molecule has 15 N–H and O–H groups in total. The normalized spacial score (nSPS) is 28.0. The summed E-state index contributed by atoms with van der Waals surface area (Å²) in [7, 11) is 0. The maximum absolute atomic E-state index is 13.8. The van der Waals surface area contributed by atoms with Gasteiger partial charge in [-0.2, -0.15) is 0 Å². The number of hydrogen-bond donors (Lipinski definition) is 13. The number of guanidine groups is 1. The molecule has 24 nitrogen and oxygen atoms in total. The van der Waals surface area contributed by atoms with Crippen LogP contribution in [0.15, 0.2) is 26.8 Å². The van der Waals surface area contributed by atoms with Gasteiger partial charge in [-0.25, -0.2) is 4.79 Å². The predicted molar refractivity (Wildman–Crippen MR) is 210 cm³/mol. The van der Waals surface area contributed by atoms with Crippen molar-refractivity contribution in [3.8, 4) is 0 Å². The number of nitrogens with zero attached hydrogens (tertiary/aromatic N) is 2. The minimum absolute atomic E-state index is 0.00394. The third-order valence-electron chi connectivity index (χ3n) is 10.4. The number of aromatic nitrogens is 2. The Labute approximate surface area is 344 Å². The van der Waals surface area contributed by atoms with Gasteiger partial charge in [-0.1, -0.05) is 27.7 Å². The Morgan fingerprint density at radius 2 is 1.72 bits per heavy atom. The highest BCUT2D eigenvalue weighted by Gasteiger charge is 2.52. The van der Waals surface area contributed by atoms with Gasteiger partial charge in [0.2, 0.25) is 11.8 Å². The number of ether oxygens (including phenoxy) is 3. The van der Waals surface area contributed by atoms with E-state index in [0.717, 1.165) is 16.8 Å². The van der Waals surface area contributed by atoms with Gasteiger partial charge in [0, 0.05) is 38.3 Å². The van der Waals surface area contributed by atoms with Crippen molar-refractivity contribution >= 4 is 29.7 Å². The van der Waals surface area contributed by atoms with Gasteiger partial charge in [-0.05, 0) is 37.6 Å². The van der Waals surface area contributed by atoms with Gasteiger partial charge < -0.3 is 72.5 Å². The third kappa shape index (κ3) is 12.5. The van der Waals surface area contributed by atoms with E-state index in [9.17, 15) is 54.3 Å². The Bertz CT molecular complexity index is 1780. The Morgan fingerprint density at radius 3 is 2.30 bits per heavy atom. The molecule has 0 aliphatic carbocycles. The molecule has 0 aromatic carbocycles. The van der Waals surface area contributed by atoms with Crippen molar-refractivity contribution in [2.45, 2.75) is 133 Å². The molecule has 1 aromatic heterocycles. The minimum atomic E-state index is -1.82. The van der Waals surface area contributed by atoms with Crippen molar-refractivity contribution in [3.05, 3.63) is 33.1 Å². The molecular weight excluding hydrogens is 796 g/mol. The number of nitrogens with two attached hydrogens (primary N) is 2. The number of amides is 2. The van der Waals surface area contributed by atoms with Gasteiger partial charge in [0.15, 0.2) is 18.5 Å². The molecule has 3 aliphatic heterocycles. The van der Waals surface area contributed by atoms with E-state index < -0.39 is 120 Å². The number of rotatable bonds is 22. The summed E-state index contributed by atoms with van der Waals surface area (Å²) in [5.41, 5.74) is 9.86. The largest absolute Gasteiger partial charge is 0.480 e. The van der Waals surface area contributed by atoms with E-state index in [1.54, 1.807) is 13.8 Å². The lowest BCUT2D eigenvalue weighted by Crippen LogP contribution is -2.65. The van der Waals surface area contributed by atoms with Crippen LogP contribution in [0.4, 0.5) is 0 Å².